The third-order valence-corrected chi connectivity index (χ3v) is 3.64. The molecule has 0 saturated carbocycles. The predicted octanol–water partition coefficient (Wildman–Crippen LogP) is 2.31. The summed E-state index contributed by atoms with van der Waals surface area (Å²) in [6.45, 7) is -0.0113. The molecule has 3 rings (SSSR count). The van der Waals surface area contributed by atoms with E-state index in [9.17, 15) is 4.79 Å². The van der Waals surface area contributed by atoms with Crippen LogP contribution in [0.4, 0.5) is 0 Å². The number of rotatable bonds is 5. The highest BCUT2D eigenvalue weighted by atomic mass is 35.5. The van der Waals surface area contributed by atoms with Crippen LogP contribution >= 0.6 is 11.6 Å². The van der Waals surface area contributed by atoms with Gasteiger partial charge in [-0.2, -0.15) is 0 Å². The van der Waals surface area contributed by atoms with Crippen molar-refractivity contribution in [3.63, 3.8) is 0 Å². The van der Waals surface area contributed by atoms with Gasteiger partial charge in [-0.3, -0.25) is 4.79 Å². The van der Waals surface area contributed by atoms with Crippen molar-refractivity contribution in [3.8, 4) is 17.1 Å². The van der Waals surface area contributed by atoms with Gasteiger partial charge in [0, 0.05) is 12.1 Å². The van der Waals surface area contributed by atoms with Crippen LogP contribution in [0.25, 0.3) is 17.1 Å². The molecule has 2 N–H and O–H groups in total. The van der Waals surface area contributed by atoms with Crippen molar-refractivity contribution < 1.29 is 9.90 Å². The van der Waals surface area contributed by atoms with E-state index >= 15 is 0 Å². The van der Waals surface area contributed by atoms with Gasteiger partial charge < -0.3 is 10.4 Å². The number of halogens is 1. The fourth-order valence-electron chi connectivity index (χ4n) is 2.22. The van der Waals surface area contributed by atoms with Gasteiger partial charge in [-0.1, -0.05) is 54.1 Å². The summed E-state index contributed by atoms with van der Waals surface area (Å²) >= 11 is 6.27. The second kappa shape index (κ2) is 7.25. The quantitative estimate of drug-likeness (QED) is 0.745. The standard InChI is InChI=1S/C17H15ClN4O2/c18-13-8-4-5-9-14(13)22-16(12-6-2-1-3-7-12)20-15(21-22)17(24)19-10-11-23/h1-9,23H,10-11H2,(H,19,24). The molecule has 2 aromatic carbocycles. The van der Waals surface area contributed by atoms with E-state index in [0.717, 1.165) is 5.56 Å². The molecular weight excluding hydrogens is 328 g/mol. The number of benzene rings is 2. The van der Waals surface area contributed by atoms with Crippen LogP contribution in [0.3, 0.4) is 0 Å². The van der Waals surface area contributed by atoms with Crippen LogP contribution in [0.15, 0.2) is 54.6 Å². The zero-order valence-electron chi connectivity index (χ0n) is 12.7. The van der Waals surface area contributed by atoms with E-state index in [1.807, 2.05) is 42.5 Å². The predicted molar refractivity (Wildman–Crippen MR) is 91.2 cm³/mol. The van der Waals surface area contributed by atoms with Gasteiger partial charge in [0.15, 0.2) is 5.82 Å². The van der Waals surface area contributed by atoms with Gasteiger partial charge >= 0.3 is 0 Å². The first-order chi connectivity index (χ1) is 11.7. The topological polar surface area (TPSA) is 80.0 Å². The Hall–Kier alpha value is -2.70. The monoisotopic (exact) mass is 342 g/mol. The number of para-hydroxylation sites is 1. The second-order valence-corrected chi connectivity index (χ2v) is 5.37. The first kappa shape index (κ1) is 16.2. The van der Waals surface area contributed by atoms with Crippen LogP contribution in [0, 0.1) is 0 Å². The van der Waals surface area contributed by atoms with E-state index in [0.29, 0.717) is 16.5 Å². The maximum absolute atomic E-state index is 12.1. The van der Waals surface area contributed by atoms with Crippen molar-refractivity contribution in [2.24, 2.45) is 0 Å². The second-order valence-electron chi connectivity index (χ2n) is 4.97. The average molecular weight is 343 g/mol. The molecule has 0 bridgehead atoms. The maximum atomic E-state index is 12.1. The number of hydrogen-bond donors (Lipinski definition) is 2. The minimum atomic E-state index is -0.452. The minimum Gasteiger partial charge on any atom is -0.395 e. The highest BCUT2D eigenvalue weighted by molar-refractivity contribution is 6.32. The summed E-state index contributed by atoms with van der Waals surface area (Å²) in [6.07, 6.45) is 0. The van der Waals surface area contributed by atoms with E-state index in [1.54, 1.807) is 16.8 Å². The molecule has 0 spiro atoms. The number of amides is 1. The molecule has 24 heavy (non-hydrogen) atoms. The summed E-state index contributed by atoms with van der Waals surface area (Å²) in [5, 5.41) is 16.2. The molecule has 0 fully saturated rings. The van der Waals surface area contributed by atoms with E-state index < -0.39 is 5.91 Å². The molecule has 3 aromatic rings. The fourth-order valence-corrected chi connectivity index (χ4v) is 2.44. The van der Waals surface area contributed by atoms with E-state index in [-0.39, 0.29) is 19.0 Å². The maximum Gasteiger partial charge on any atom is 0.291 e. The van der Waals surface area contributed by atoms with Gasteiger partial charge in [0.1, 0.15) is 0 Å². The zero-order chi connectivity index (χ0) is 16.9. The molecule has 0 aliphatic heterocycles. The van der Waals surface area contributed by atoms with Crippen molar-refractivity contribution in [2.45, 2.75) is 0 Å². The molecule has 0 unspecified atom stereocenters. The molecule has 1 heterocycles. The molecule has 0 atom stereocenters. The van der Waals surface area contributed by atoms with Crippen LogP contribution in [0.1, 0.15) is 10.6 Å². The van der Waals surface area contributed by atoms with E-state index in [2.05, 4.69) is 15.4 Å². The zero-order valence-corrected chi connectivity index (χ0v) is 13.4. The lowest BCUT2D eigenvalue weighted by atomic mass is 10.2. The average Bonchev–Trinajstić information content (AvgIpc) is 3.06. The number of aliphatic hydroxyl groups excluding tert-OH is 1. The molecule has 0 saturated heterocycles. The van der Waals surface area contributed by atoms with Crippen molar-refractivity contribution in [2.75, 3.05) is 13.2 Å². The Morgan fingerprint density at radius 2 is 1.83 bits per heavy atom. The Labute approximate surface area is 143 Å². The molecule has 0 aliphatic carbocycles. The normalized spacial score (nSPS) is 10.6. The number of aromatic nitrogens is 3. The van der Waals surface area contributed by atoms with E-state index in [1.165, 1.54) is 0 Å². The van der Waals surface area contributed by atoms with Crippen LogP contribution < -0.4 is 5.32 Å². The smallest absolute Gasteiger partial charge is 0.291 e. The van der Waals surface area contributed by atoms with Gasteiger partial charge in [-0.25, -0.2) is 9.67 Å². The molecule has 1 amide bonds. The summed E-state index contributed by atoms with van der Waals surface area (Å²) in [6, 6.07) is 16.6. The summed E-state index contributed by atoms with van der Waals surface area (Å²) in [5.41, 5.74) is 1.44. The third kappa shape index (κ3) is 3.29. The first-order valence-electron chi connectivity index (χ1n) is 7.37. The highest BCUT2D eigenvalue weighted by Gasteiger charge is 2.19. The lowest BCUT2D eigenvalue weighted by Crippen LogP contribution is -2.27. The SMILES string of the molecule is O=C(NCCO)c1nc(-c2ccccc2)n(-c2ccccc2Cl)n1. The molecule has 1 aromatic heterocycles. The van der Waals surface area contributed by atoms with Crippen molar-refractivity contribution in [3.05, 3.63) is 65.4 Å². The van der Waals surface area contributed by atoms with Crippen molar-refractivity contribution >= 4 is 17.5 Å². The Morgan fingerprint density at radius 3 is 2.54 bits per heavy atom. The van der Waals surface area contributed by atoms with Gasteiger partial charge in [0.2, 0.25) is 5.82 Å². The first-order valence-corrected chi connectivity index (χ1v) is 7.75. The molecule has 0 radical (unpaired) electrons. The number of nitrogens with zero attached hydrogens (tertiary/aromatic N) is 3. The van der Waals surface area contributed by atoms with Crippen molar-refractivity contribution in [1.29, 1.82) is 0 Å². The molecule has 122 valence electrons. The van der Waals surface area contributed by atoms with E-state index in [4.69, 9.17) is 16.7 Å². The molecule has 7 heteroatoms. The number of hydrogen-bond acceptors (Lipinski definition) is 4. The van der Waals surface area contributed by atoms with Crippen LogP contribution in [-0.4, -0.2) is 38.9 Å². The van der Waals surface area contributed by atoms with Gasteiger partial charge in [-0.05, 0) is 12.1 Å². The Kier molecular flexibility index (Phi) is 4.88. The minimum absolute atomic E-state index is 0.0159. The number of carbonyl (C=O) groups is 1. The summed E-state index contributed by atoms with van der Waals surface area (Å²) in [5.74, 6) is 0.0760. The Morgan fingerprint density at radius 1 is 1.12 bits per heavy atom. The highest BCUT2D eigenvalue weighted by Crippen LogP contribution is 2.25. The summed E-state index contributed by atoms with van der Waals surface area (Å²) < 4.78 is 1.55. The fraction of sp³-hybridized carbons (Fsp3) is 0.118. The largest absolute Gasteiger partial charge is 0.395 e. The van der Waals surface area contributed by atoms with Crippen LogP contribution in [0.2, 0.25) is 5.02 Å². The summed E-state index contributed by atoms with van der Waals surface area (Å²) in [7, 11) is 0. The Bertz CT molecular complexity index is 849. The molecule has 6 nitrogen and oxygen atoms in total. The van der Waals surface area contributed by atoms with Crippen molar-refractivity contribution in [1.82, 2.24) is 20.1 Å². The van der Waals surface area contributed by atoms with Crippen LogP contribution in [-0.2, 0) is 0 Å². The molecule has 0 aliphatic rings. The molecular formula is C17H15ClN4O2. The summed E-state index contributed by atoms with van der Waals surface area (Å²) in [4.78, 5) is 16.5. The number of nitrogens with one attached hydrogen (secondary N) is 1. The lowest BCUT2D eigenvalue weighted by Gasteiger charge is -2.07. The van der Waals surface area contributed by atoms with Gasteiger partial charge in [-0.15, -0.1) is 5.10 Å². The van der Waals surface area contributed by atoms with Gasteiger partial charge in [0.05, 0.1) is 17.3 Å². The van der Waals surface area contributed by atoms with Crippen LogP contribution in [0.5, 0.6) is 0 Å². The third-order valence-electron chi connectivity index (χ3n) is 3.32. The number of carbonyl (C=O) groups excluding carboxylic acids is 1. The Balaban J connectivity index is 2.11. The lowest BCUT2D eigenvalue weighted by molar-refractivity contribution is 0.0934. The van der Waals surface area contributed by atoms with Gasteiger partial charge in [0.25, 0.3) is 5.91 Å². The number of aliphatic hydroxyl groups is 1.